The number of ether oxygens (including phenoxy) is 1. The monoisotopic (exact) mass is 235 g/mol. The molecule has 4 nitrogen and oxygen atoms in total. The highest BCUT2D eigenvalue weighted by atomic mass is 19.3. The second-order valence-electron chi connectivity index (χ2n) is 3.93. The lowest BCUT2D eigenvalue weighted by molar-refractivity contribution is 0.150. The third-order valence-corrected chi connectivity index (χ3v) is 2.54. The highest BCUT2D eigenvalue weighted by molar-refractivity contribution is 5.79. The Morgan fingerprint density at radius 2 is 2.38 bits per heavy atom. The summed E-state index contributed by atoms with van der Waals surface area (Å²) in [6.45, 7) is 1.96. The summed E-state index contributed by atoms with van der Waals surface area (Å²) in [7, 11) is 3.44. The molecule has 1 saturated heterocycles. The van der Waals surface area contributed by atoms with Crippen LogP contribution in [0.3, 0.4) is 0 Å². The quantitative estimate of drug-likeness (QED) is 0.578. The molecule has 1 fully saturated rings. The lowest BCUT2D eigenvalue weighted by Crippen LogP contribution is -2.43. The summed E-state index contributed by atoms with van der Waals surface area (Å²) in [5.74, 6) is 0.974. The molecule has 1 aliphatic heterocycles. The molecule has 0 bridgehead atoms. The maximum atomic E-state index is 12.0. The van der Waals surface area contributed by atoms with E-state index in [0.717, 1.165) is 26.2 Å². The number of nitrogens with one attached hydrogen (secondary N) is 1. The largest absolute Gasteiger partial charge is 0.381 e. The number of halogens is 2. The molecular weight excluding hydrogens is 216 g/mol. The third-order valence-electron chi connectivity index (χ3n) is 2.54. The topological polar surface area (TPSA) is 36.9 Å². The van der Waals surface area contributed by atoms with Crippen LogP contribution in [0.15, 0.2) is 4.99 Å². The summed E-state index contributed by atoms with van der Waals surface area (Å²) < 4.78 is 29.4. The number of guanidine groups is 1. The van der Waals surface area contributed by atoms with Gasteiger partial charge in [0.15, 0.2) is 5.96 Å². The number of hydrogen-bond acceptors (Lipinski definition) is 2. The van der Waals surface area contributed by atoms with Gasteiger partial charge in [0.1, 0.15) is 0 Å². The molecule has 0 radical (unpaired) electrons. The standard InChI is InChI=1S/C10H19F2N3O/c1-13-10(14-5-9(11)12)15(2)6-8-3-4-16-7-8/h8-9H,3-7H2,1-2H3,(H,13,14). The molecule has 0 spiro atoms. The Morgan fingerprint density at radius 1 is 1.62 bits per heavy atom. The lowest BCUT2D eigenvalue weighted by atomic mass is 10.1. The van der Waals surface area contributed by atoms with Crippen molar-refractivity contribution in [1.29, 1.82) is 0 Å². The van der Waals surface area contributed by atoms with Gasteiger partial charge in [0.25, 0.3) is 6.43 Å². The predicted octanol–water partition coefficient (Wildman–Crippen LogP) is 0.795. The number of rotatable bonds is 4. The number of aliphatic imine (C=N–C) groups is 1. The van der Waals surface area contributed by atoms with Gasteiger partial charge in [0.2, 0.25) is 0 Å². The van der Waals surface area contributed by atoms with Gasteiger partial charge in [-0.2, -0.15) is 0 Å². The molecule has 0 amide bonds. The first-order chi connectivity index (χ1) is 7.63. The van der Waals surface area contributed by atoms with Crippen molar-refractivity contribution in [3.8, 4) is 0 Å². The SMILES string of the molecule is CN=C(NCC(F)F)N(C)CC1CCOC1. The molecule has 0 aromatic carbocycles. The minimum atomic E-state index is -2.36. The van der Waals surface area contributed by atoms with Crippen LogP contribution in [0.1, 0.15) is 6.42 Å². The van der Waals surface area contributed by atoms with E-state index in [4.69, 9.17) is 4.74 Å². The Labute approximate surface area is 94.7 Å². The van der Waals surface area contributed by atoms with E-state index < -0.39 is 6.43 Å². The lowest BCUT2D eigenvalue weighted by Gasteiger charge is -2.24. The summed E-state index contributed by atoms with van der Waals surface area (Å²) in [5.41, 5.74) is 0. The molecule has 1 unspecified atom stereocenters. The van der Waals surface area contributed by atoms with Crippen LogP contribution in [-0.2, 0) is 4.74 Å². The van der Waals surface area contributed by atoms with Crippen LogP contribution in [0.25, 0.3) is 0 Å². The molecule has 94 valence electrons. The van der Waals surface area contributed by atoms with E-state index in [2.05, 4.69) is 10.3 Å². The molecule has 0 aromatic rings. The van der Waals surface area contributed by atoms with Crippen LogP contribution >= 0.6 is 0 Å². The van der Waals surface area contributed by atoms with Gasteiger partial charge in [0, 0.05) is 33.2 Å². The molecule has 0 aliphatic carbocycles. The zero-order valence-corrected chi connectivity index (χ0v) is 9.75. The van der Waals surface area contributed by atoms with E-state index >= 15 is 0 Å². The van der Waals surface area contributed by atoms with Crippen molar-refractivity contribution in [3.63, 3.8) is 0 Å². The van der Waals surface area contributed by atoms with Crippen LogP contribution in [0.5, 0.6) is 0 Å². The van der Waals surface area contributed by atoms with Gasteiger partial charge in [-0.05, 0) is 6.42 Å². The summed E-state index contributed by atoms with van der Waals surface area (Å²) in [4.78, 5) is 5.82. The predicted molar refractivity (Wildman–Crippen MR) is 58.9 cm³/mol. The number of alkyl halides is 2. The van der Waals surface area contributed by atoms with E-state index in [-0.39, 0.29) is 6.54 Å². The fourth-order valence-electron chi connectivity index (χ4n) is 1.75. The van der Waals surface area contributed by atoms with E-state index in [1.165, 1.54) is 0 Å². The highest BCUT2D eigenvalue weighted by Gasteiger charge is 2.19. The van der Waals surface area contributed by atoms with Crippen molar-refractivity contribution < 1.29 is 13.5 Å². The average Bonchev–Trinajstić information content (AvgIpc) is 2.71. The molecule has 6 heteroatoms. The third kappa shape index (κ3) is 4.30. The van der Waals surface area contributed by atoms with Gasteiger partial charge in [0.05, 0.1) is 13.2 Å². The second kappa shape index (κ2) is 6.62. The van der Waals surface area contributed by atoms with Gasteiger partial charge < -0.3 is 15.0 Å². The fourth-order valence-corrected chi connectivity index (χ4v) is 1.75. The Morgan fingerprint density at radius 3 is 2.88 bits per heavy atom. The van der Waals surface area contributed by atoms with Crippen LogP contribution in [-0.4, -0.2) is 57.7 Å². The Balaban J connectivity index is 2.33. The van der Waals surface area contributed by atoms with E-state index in [9.17, 15) is 8.78 Å². The maximum Gasteiger partial charge on any atom is 0.255 e. The van der Waals surface area contributed by atoms with Gasteiger partial charge >= 0.3 is 0 Å². The number of hydrogen-bond donors (Lipinski definition) is 1. The Hall–Kier alpha value is -0.910. The fraction of sp³-hybridized carbons (Fsp3) is 0.900. The average molecular weight is 235 g/mol. The summed E-state index contributed by atoms with van der Waals surface area (Å²) in [6, 6.07) is 0. The molecule has 1 aliphatic rings. The highest BCUT2D eigenvalue weighted by Crippen LogP contribution is 2.13. The van der Waals surface area contributed by atoms with Crippen molar-refractivity contribution in [2.75, 3.05) is 40.4 Å². The first-order valence-corrected chi connectivity index (χ1v) is 5.41. The van der Waals surface area contributed by atoms with Gasteiger partial charge in [-0.3, -0.25) is 4.99 Å². The zero-order valence-electron chi connectivity index (χ0n) is 9.75. The van der Waals surface area contributed by atoms with Gasteiger partial charge in [-0.15, -0.1) is 0 Å². The smallest absolute Gasteiger partial charge is 0.255 e. The molecule has 0 saturated carbocycles. The first-order valence-electron chi connectivity index (χ1n) is 5.41. The summed E-state index contributed by atoms with van der Waals surface area (Å²) in [5, 5.41) is 2.63. The van der Waals surface area contributed by atoms with Crippen molar-refractivity contribution in [2.45, 2.75) is 12.8 Å². The molecule has 1 atom stereocenters. The minimum Gasteiger partial charge on any atom is -0.381 e. The van der Waals surface area contributed by atoms with Crippen LogP contribution in [0, 0.1) is 5.92 Å². The van der Waals surface area contributed by atoms with Crippen molar-refractivity contribution in [1.82, 2.24) is 10.2 Å². The minimum absolute atomic E-state index is 0.363. The summed E-state index contributed by atoms with van der Waals surface area (Å²) in [6.07, 6.45) is -1.34. The second-order valence-corrected chi connectivity index (χ2v) is 3.93. The Kier molecular flexibility index (Phi) is 5.45. The molecular formula is C10H19F2N3O. The van der Waals surface area contributed by atoms with E-state index in [1.54, 1.807) is 7.05 Å². The normalized spacial score (nSPS) is 21.6. The van der Waals surface area contributed by atoms with Crippen LogP contribution < -0.4 is 5.32 Å². The van der Waals surface area contributed by atoms with Crippen molar-refractivity contribution in [2.24, 2.45) is 10.9 Å². The summed E-state index contributed by atoms with van der Waals surface area (Å²) >= 11 is 0. The van der Waals surface area contributed by atoms with E-state index in [1.807, 2.05) is 11.9 Å². The molecule has 1 rings (SSSR count). The van der Waals surface area contributed by atoms with Crippen molar-refractivity contribution in [3.05, 3.63) is 0 Å². The van der Waals surface area contributed by atoms with Gasteiger partial charge in [-0.1, -0.05) is 0 Å². The number of nitrogens with zero attached hydrogens (tertiary/aromatic N) is 2. The molecule has 1 N–H and O–H groups in total. The van der Waals surface area contributed by atoms with Gasteiger partial charge in [-0.25, -0.2) is 8.78 Å². The molecule has 16 heavy (non-hydrogen) atoms. The van der Waals surface area contributed by atoms with Crippen LogP contribution in [0.4, 0.5) is 8.78 Å². The van der Waals surface area contributed by atoms with E-state index in [0.29, 0.717) is 11.9 Å². The molecule has 1 heterocycles. The molecule has 0 aromatic heterocycles. The zero-order chi connectivity index (χ0) is 12.0. The Bertz CT molecular complexity index is 230. The maximum absolute atomic E-state index is 12.0. The first kappa shape index (κ1) is 13.2. The van der Waals surface area contributed by atoms with Crippen molar-refractivity contribution >= 4 is 5.96 Å². The van der Waals surface area contributed by atoms with Crippen LogP contribution in [0.2, 0.25) is 0 Å².